The van der Waals surface area contributed by atoms with E-state index in [9.17, 15) is 28.0 Å². The van der Waals surface area contributed by atoms with E-state index in [0.29, 0.717) is 5.69 Å². The van der Waals surface area contributed by atoms with Gasteiger partial charge in [-0.3, -0.25) is 9.59 Å². The van der Waals surface area contributed by atoms with Crippen LogP contribution in [0.2, 0.25) is 0 Å². The SMILES string of the molecule is Cc1ccc(-c2cc(C)nn2-c2ccc(S(=O)(=O)NC(=O)OCCN(C)/[N+]([O-])=N/OC(C)N3C(=O)c4ccccc4C3=O)cc2)cc1. The van der Waals surface area contributed by atoms with Crippen molar-refractivity contribution in [3.63, 3.8) is 0 Å². The van der Waals surface area contributed by atoms with Crippen LogP contribution in [-0.4, -0.2) is 77.4 Å². The maximum absolute atomic E-state index is 12.8. The Morgan fingerprint density at radius 2 is 1.64 bits per heavy atom. The van der Waals surface area contributed by atoms with Crippen LogP contribution in [-0.2, 0) is 19.6 Å². The van der Waals surface area contributed by atoms with Gasteiger partial charge in [0, 0.05) is 5.56 Å². The van der Waals surface area contributed by atoms with Gasteiger partial charge in [0.05, 0.1) is 45.1 Å². The highest BCUT2D eigenvalue weighted by Crippen LogP contribution is 2.26. The van der Waals surface area contributed by atoms with Gasteiger partial charge in [-0.1, -0.05) is 42.0 Å². The Bertz CT molecular complexity index is 1920. The van der Waals surface area contributed by atoms with Gasteiger partial charge in [0.25, 0.3) is 21.8 Å². The van der Waals surface area contributed by atoms with E-state index in [4.69, 9.17) is 9.57 Å². The highest BCUT2D eigenvalue weighted by Gasteiger charge is 2.39. The average Bonchev–Trinajstić information content (AvgIpc) is 3.56. The number of imide groups is 1. The quantitative estimate of drug-likeness (QED) is 0.107. The molecule has 47 heavy (non-hydrogen) atoms. The zero-order chi connectivity index (χ0) is 33.9. The number of carbonyl (C=O) groups is 3. The largest absolute Gasteiger partial charge is 0.569 e. The molecular weight excluding hydrogens is 630 g/mol. The van der Waals surface area contributed by atoms with E-state index in [1.54, 1.807) is 28.9 Å². The zero-order valence-corrected chi connectivity index (χ0v) is 26.7. The minimum Gasteiger partial charge on any atom is -0.569 e. The second-order valence-corrected chi connectivity index (χ2v) is 12.3. The molecule has 1 N–H and O–H groups in total. The van der Waals surface area contributed by atoms with E-state index in [2.05, 4.69) is 10.4 Å². The number of carbonyl (C=O) groups excluding carboxylic acids is 3. The van der Waals surface area contributed by atoms with E-state index >= 15 is 0 Å². The van der Waals surface area contributed by atoms with Gasteiger partial charge in [0.2, 0.25) is 11.5 Å². The Morgan fingerprint density at radius 1 is 1.02 bits per heavy atom. The molecule has 0 spiro atoms. The van der Waals surface area contributed by atoms with Crippen molar-refractivity contribution in [2.75, 3.05) is 20.2 Å². The lowest BCUT2D eigenvalue weighted by Gasteiger charge is -2.19. The van der Waals surface area contributed by atoms with Crippen LogP contribution >= 0.6 is 0 Å². The highest BCUT2D eigenvalue weighted by atomic mass is 32.2. The van der Waals surface area contributed by atoms with Crippen LogP contribution < -0.4 is 4.72 Å². The average molecular weight is 662 g/mol. The highest BCUT2D eigenvalue weighted by molar-refractivity contribution is 7.90. The molecule has 0 aliphatic carbocycles. The minimum absolute atomic E-state index is 0.0274. The van der Waals surface area contributed by atoms with E-state index in [0.717, 1.165) is 32.4 Å². The summed E-state index contributed by atoms with van der Waals surface area (Å²) in [5.41, 5.74) is 4.73. The minimum atomic E-state index is -4.28. The van der Waals surface area contributed by atoms with Crippen molar-refractivity contribution in [3.05, 3.63) is 106 Å². The number of aromatic nitrogens is 2. The van der Waals surface area contributed by atoms with Crippen molar-refractivity contribution in [1.82, 2.24) is 24.4 Å². The Morgan fingerprint density at radius 3 is 2.26 bits per heavy atom. The van der Waals surface area contributed by atoms with Crippen molar-refractivity contribution < 1.29 is 37.3 Å². The number of hydrogen-bond acceptors (Lipinski definition) is 10. The summed E-state index contributed by atoms with van der Waals surface area (Å²) in [4.78, 5) is 43.1. The Labute approximate surface area is 270 Å². The molecule has 244 valence electrons. The standard InChI is InChI=1S/C31H31N7O8S/c1-20-9-11-23(12-10-20)28-19-21(2)32-37(28)24-13-15-25(16-14-24)47(43,44)33-31(41)45-18-17-35(4)38(42)34-46-22(3)36-29(39)26-7-5-6-8-27(26)30(36)40/h5-16,19,22H,17-18H2,1-4H3,(H,33,41)/b38-34-. The number of hydrazine groups is 1. The molecule has 16 heteroatoms. The molecule has 3 amide bonds. The molecule has 0 bridgehead atoms. The fraction of sp³-hybridized carbons (Fsp3) is 0.226. The molecule has 1 aliphatic heterocycles. The molecule has 1 unspecified atom stereocenters. The molecule has 1 aromatic heterocycles. The summed E-state index contributed by atoms with van der Waals surface area (Å²) in [6.07, 6.45) is -2.44. The van der Waals surface area contributed by atoms with Crippen molar-refractivity contribution in [1.29, 1.82) is 0 Å². The Kier molecular flexibility index (Phi) is 9.23. The first-order valence-electron chi connectivity index (χ1n) is 14.3. The molecule has 1 aliphatic rings. The number of aryl methyl sites for hydroxylation is 2. The van der Waals surface area contributed by atoms with E-state index in [1.807, 2.05) is 48.9 Å². The first kappa shape index (κ1) is 32.6. The normalized spacial score (nSPS) is 13.7. The number of sulfonamides is 1. The van der Waals surface area contributed by atoms with Crippen LogP contribution in [0.1, 0.15) is 38.9 Å². The van der Waals surface area contributed by atoms with Crippen LogP contribution in [0.25, 0.3) is 16.9 Å². The van der Waals surface area contributed by atoms with Gasteiger partial charge >= 0.3 is 6.09 Å². The van der Waals surface area contributed by atoms with Gasteiger partial charge < -0.3 is 14.8 Å². The van der Waals surface area contributed by atoms with Crippen molar-refractivity contribution in [3.8, 4) is 16.9 Å². The third kappa shape index (κ3) is 7.06. The molecule has 1 atom stereocenters. The van der Waals surface area contributed by atoms with Gasteiger partial charge in [-0.25, -0.2) is 27.5 Å². The van der Waals surface area contributed by atoms with E-state index < -0.39 is 34.2 Å². The molecule has 4 aromatic rings. The second kappa shape index (κ2) is 13.3. The van der Waals surface area contributed by atoms with Crippen molar-refractivity contribution in [2.45, 2.75) is 31.9 Å². The Balaban J connectivity index is 1.12. The molecule has 0 saturated carbocycles. The second-order valence-electron chi connectivity index (χ2n) is 10.6. The third-order valence-corrected chi connectivity index (χ3v) is 8.52. The molecular formula is C31H31N7O8S. The topological polar surface area (TPSA) is 179 Å². The summed E-state index contributed by atoms with van der Waals surface area (Å²) in [7, 11) is -2.98. The number of ether oxygens (including phenoxy) is 1. The maximum Gasteiger partial charge on any atom is 0.421 e. The van der Waals surface area contributed by atoms with Gasteiger partial charge in [0.15, 0.2) is 0 Å². The van der Waals surface area contributed by atoms with Crippen LogP contribution in [0, 0.1) is 19.1 Å². The number of fused-ring (bicyclic) bond motifs is 1. The van der Waals surface area contributed by atoms with Crippen molar-refractivity contribution in [2.24, 2.45) is 5.28 Å². The molecule has 5 rings (SSSR count). The fourth-order valence-electron chi connectivity index (χ4n) is 4.70. The van der Waals surface area contributed by atoms with Gasteiger partial charge in [-0.05, 0) is 63.2 Å². The molecule has 0 radical (unpaired) electrons. The van der Waals surface area contributed by atoms with Crippen LogP contribution in [0.5, 0.6) is 0 Å². The molecule has 0 saturated heterocycles. The lowest BCUT2D eigenvalue weighted by molar-refractivity contribution is -0.707. The first-order valence-corrected chi connectivity index (χ1v) is 15.8. The number of benzene rings is 3. The number of nitrogens with zero attached hydrogens (tertiary/aromatic N) is 6. The third-order valence-electron chi connectivity index (χ3n) is 7.19. The van der Waals surface area contributed by atoms with Crippen LogP contribution in [0.15, 0.2) is 89.0 Å². The summed E-state index contributed by atoms with van der Waals surface area (Å²) >= 11 is 0. The first-order chi connectivity index (χ1) is 22.4. The number of likely N-dealkylation sites (N-methyl/N-ethyl adjacent to an activating group) is 1. The number of nitrogens with one attached hydrogen (secondary N) is 1. The van der Waals surface area contributed by atoms with Gasteiger partial charge in [0.1, 0.15) is 13.2 Å². The number of rotatable bonds is 11. The summed E-state index contributed by atoms with van der Waals surface area (Å²) in [6.45, 7) is 4.64. The summed E-state index contributed by atoms with van der Waals surface area (Å²) < 4.78 is 34.1. The van der Waals surface area contributed by atoms with Gasteiger partial charge in [-0.15, -0.1) is 5.01 Å². The molecule has 0 fully saturated rings. The van der Waals surface area contributed by atoms with Crippen LogP contribution in [0.3, 0.4) is 0 Å². The monoisotopic (exact) mass is 661 g/mol. The maximum atomic E-state index is 12.8. The fourth-order valence-corrected chi connectivity index (χ4v) is 5.59. The number of amides is 3. The predicted octanol–water partition coefficient (Wildman–Crippen LogP) is 3.95. The smallest absolute Gasteiger partial charge is 0.421 e. The molecule has 2 heterocycles. The zero-order valence-electron chi connectivity index (χ0n) is 25.9. The molecule has 3 aromatic carbocycles. The molecule has 15 nitrogen and oxygen atoms in total. The van der Waals surface area contributed by atoms with Gasteiger partial charge in [-0.2, -0.15) is 5.10 Å². The summed E-state index contributed by atoms with van der Waals surface area (Å²) in [5, 5.41) is 21.1. The summed E-state index contributed by atoms with van der Waals surface area (Å²) in [5.74, 6) is -1.16. The summed E-state index contributed by atoms with van der Waals surface area (Å²) in [6, 6.07) is 22.0. The lowest BCUT2D eigenvalue weighted by Crippen LogP contribution is -2.39. The number of hydrogen-bond donors (Lipinski definition) is 1. The van der Waals surface area contributed by atoms with Crippen molar-refractivity contribution >= 4 is 27.9 Å². The van der Waals surface area contributed by atoms with E-state index in [-0.39, 0.29) is 34.1 Å². The van der Waals surface area contributed by atoms with Crippen LogP contribution in [0.4, 0.5) is 4.79 Å². The Hall–Kier alpha value is -5.77. The lowest BCUT2D eigenvalue weighted by atomic mass is 10.1. The van der Waals surface area contributed by atoms with E-state index in [1.165, 1.54) is 38.2 Å². The predicted molar refractivity (Wildman–Crippen MR) is 166 cm³/mol.